The first kappa shape index (κ1) is 13.1. The minimum Gasteiger partial charge on any atom is -0.478 e. The van der Waals surface area contributed by atoms with Crippen molar-refractivity contribution in [1.29, 1.82) is 0 Å². The zero-order chi connectivity index (χ0) is 13.9. The van der Waals surface area contributed by atoms with Crippen molar-refractivity contribution in [2.75, 3.05) is 4.72 Å². The van der Waals surface area contributed by atoms with Crippen LogP contribution in [-0.2, 0) is 10.0 Å². The minimum atomic E-state index is -3.78. The van der Waals surface area contributed by atoms with Gasteiger partial charge in [0.2, 0.25) is 0 Å². The molecule has 2 aromatic carbocycles. The molecule has 0 aromatic heterocycles. The largest absolute Gasteiger partial charge is 0.478 e. The summed E-state index contributed by atoms with van der Waals surface area (Å²) in [5.41, 5.74) is -0.0548. The van der Waals surface area contributed by atoms with Gasteiger partial charge in [0.1, 0.15) is 0 Å². The highest BCUT2D eigenvalue weighted by atomic mass is 32.2. The molecule has 0 saturated heterocycles. The zero-order valence-corrected chi connectivity index (χ0v) is 10.6. The molecule has 0 amide bonds. The lowest BCUT2D eigenvalue weighted by molar-refractivity contribution is 0.0698. The third-order valence-corrected chi connectivity index (χ3v) is 3.84. The average Bonchev–Trinajstić information content (AvgIpc) is 2.39. The predicted octanol–water partition coefficient (Wildman–Crippen LogP) is 2.19. The second kappa shape index (κ2) is 5.11. The number of rotatable bonds is 4. The Morgan fingerprint density at radius 3 is 2.16 bits per heavy atom. The van der Waals surface area contributed by atoms with Crippen molar-refractivity contribution < 1.29 is 18.3 Å². The van der Waals surface area contributed by atoms with Crippen LogP contribution in [0.5, 0.6) is 0 Å². The number of carbonyl (C=O) groups is 1. The number of aromatic carboxylic acids is 1. The maximum absolute atomic E-state index is 12.1. The highest BCUT2D eigenvalue weighted by molar-refractivity contribution is 7.92. The molecular formula is C13H11NO4S. The van der Waals surface area contributed by atoms with E-state index in [2.05, 4.69) is 4.72 Å². The molecule has 0 bridgehead atoms. The van der Waals surface area contributed by atoms with Gasteiger partial charge in [0, 0.05) is 0 Å². The Morgan fingerprint density at radius 1 is 0.947 bits per heavy atom. The van der Waals surface area contributed by atoms with Gasteiger partial charge in [-0.3, -0.25) is 4.72 Å². The lowest BCUT2D eigenvalue weighted by Gasteiger charge is -2.10. The van der Waals surface area contributed by atoms with Crippen LogP contribution in [0.15, 0.2) is 59.5 Å². The van der Waals surface area contributed by atoms with Crippen LogP contribution in [0.3, 0.4) is 0 Å². The highest BCUT2D eigenvalue weighted by Gasteiger charge is 2.17. The van der Waals surface area contributed by atoms with Gasteiger partial charge in [-0.1, -0.05) is 30.3 Å². The second-order valence-electron chi connectivity index (χ2n) is 3.77. The van der Waals surface area contributed by atoms with E-state index < -0.39 is 16.0 Å². The number of hydrogen-bond donors (Lipinski definition) is 2. The first-order chi connectivity index (χ1) is 9.00. The topological polar surface area (TPSA) is 83.5 Å². The molecule has 0 heterocycles. The monoisotopic (exact) mass is 277 g/mol. The van der Waals surface area contributed by atoms with E-state index in [9.17, 15) is 13.2 Å². The average molecular weight is 277 g/mol. The molecule has 0 radical (unpaired) electrons. The van der Waals surface area contributed by atoms with Crippen LogP contribution in [0.25, 0.3) is 0 Å². The van der Waals surface area contributed by atoms with E-state index in [-0.39, 0.29) is 16.1 Å². The van der Waals surface area contributed by atoms with E-state index in [1.165, 1.54) is 30.3 Å². The summed E-state index contributed by atoms with van der Waals surface area (Å²) < 4.78 is 26.4. The summed E-state index contributed by atoms with van der Waals surface area (Å²) >= 11 is 0. The van der Waals surface area contributed by atoms with Gasteiger partial charge >= 0.3 is 5.97 Å². The molecular weight excluding hydrogens is 266 g/mol. The summed E-state index contributed by atoms with van der Waals surface area (Å²) in [5.74, 6) is -1.19. The number of hydrogen-bond acceptors (Lipinski definition) is 3. The molecule has 5 nitrogen and oxygen atoms in total. The highest BCUT2D eigenvalue weighted by Crippen LogP contribution is 2.19. The fourth-order valence-electron chi connectivity index (χ4n) is 1.56. The fraction of sp³-hybridized carbons (Fsp3) is 0. The molecule has 0 atom stereocenters. The molecule has 0 fully saturated rings. The summed E-state index contributed by atoms with van der Waals surface area (Å²) in [6.45, 7) is 0. The molecule has 2 rings (SSSR count). The molecule has 0 aliphatic rings. The van der Waals surface area contributed by atoms with E-state index in [4.69, 9.17) is 5.11 Å². The van der Waals surface area contributed by atoms with Crippen LogP contribution in [0.4, 0.5) is 5.69 Å². The van der Waals surface area contributed by atoms with Gasteiger partial charge in [-0.15, -0.1) is 0 Å². The maximum Gasteiger partial charge on any atom is 0.337 e. The van der Waals surface area contributed by atoms with Crippen molar-refractivity contribution in [3.05, 3.63) is 60.2 Å². The van der Waals surface area contributed by atoms with E-state index in [1.54, 1.807) is 24.3 Å². The summed E-state index contributed by atoms with van der Waals surface area (Å²) in [6, 6.07) is 13.6. The van der Waals surface area contributed by atoms with Crippen molar-refractivity contribution in [3.63, 3.8) is 0 Å². The van der Waals surface area contributed by atoms with Gasteiger partial charge in [-0.2, -0.15) is 0 Å². The number of sulfonamides is 1. The Kier molecular flexibility index (Phi) is 3.52. The molecule has 98 valence electrons. The Balaban J connectivity index is 2.39. The van der Waals surface area contributed by atoms with Crippen molar-refractivity contribution in [2.24, 2.45) is 0 Å². The van der Waals surface area contributed by atoms with Crippen LogP contribution < -0.4 is 4.72 Å². The predicted molar refractivity (Wildman–Crippen MR) is 70.7 cm³/mol. The van der Waals surface area contributed by atoms with Gasteiger partial charge in [0.25, 0.3) is 10.0 Å². The Morgan fingerprint density at radius 2 is 1.53 bits per heavy atom. The van der Waals surface area contributed by atoms with Crippen LogP contribution in [0.1, 0.15) is 10.4 Å². The van der Waals surface area contributed by atoms with E-state index in [0.29, 0.717) is 0 Å². The molecule has 2 aromatic rings. The Labute approximate surface area is 110 Å². The number of benzene rings is 2. The van der Waals surface area contributed by atoms with Crippen LogP contribution in [0.2, 0.25) is 0 Å². The number of anilines is 1. The molecule has 0 saturated carbocycles. The number of para-hydroxylation sites is 1. The summed E-state index contributed by atoms with van der Waals surface area (Å²) in [6.07, 6.45) is 0. The van der Waals surface area contributed by atoms with Crippen LogP contribution >= 0.6 is 0 Å². The van der Waals surface area contributed by atoms with Gasteiger partial charge in [0.15, 0.2) is 0 Å². The second-order valence-corrected chi connectivity index (χ2v) is 5.45. The van der Waals surface area contributed by atoms with Crippen LogP contribution in [0, 0.1) is 0 Å². The number of carboxylic acid groups (broad SMARTS) is 1. The van der Waals surface area contributed by atoms with E-state index in [1.807, 2.05) is 0 Å². The van der Waals surface area contributed by atoms with Gasteiger partial charge in [-0.05, 0) is 24.3 Å². The lowest BCUT2D eigenvalue weighted by atomic mass is 10.2. The SMILES string of the molecule is O=C(O)c1ccccc1NS(=O)(=O)c1ccccc1. The maximum atomic E-state index is 12.1. The summed E-state index contributed by atoms with van der Waals surface area (Å²) in [7, 11) is -3.78. The lowest BCUT2D eigenvalue weighted by Crippen LogP contribution is -2.15. The molecule has 2 N–H and O–H groups in total. The van der Waals surface area contributed by atoms with E-state index in [0.717, 1.165) is 0 Å². The number of nitrogens with one attached hydrogen (secondary N) is 1. The standard InChI is InChI=1S/C13H11NO4S/c15-13(16)11-8-4-5-9-12(11)14-19(17,18)10-6-2-1-3-7-10/h1-9,14H,(H,15,16). The third kappa shape index (κ3) is 2.92. The molecule has 6 heteroatoms. The van der Waals surface area contributed by atoms with Crippen molar-refractivity contribution >= 4 is 21.7 Å². The Bertz CT molecular complexity index is 696. The van der Waals surface area contributed by atoms with Gasteiger partial charge < -0.3 is 5.11 Å². The van der Waals surface area contributed by atoms with E-state index >= 15 is 0 Å². The molecule has 0 unspecified atom stereocenters. The first-order valence-corrected chi connectivity index (χ1v) is 6.89. The molecule has 19 heavy (non-hydrogen) atoms. The minimum absolute atomic E-state index is 0.0406. The summed E-state index contributed by atoms with van der Waals surface area (Å²) in [4.78, 5) is 11.1. The van der Waals surface area contributed by atoms with Gasteiger partial charge in [0.05, 0.1) is 16.1 Å². The fourth-order valence-corrected chi connectivity index (χ4v) is 2.66. The van der Waals surface area contributed by atoms with Crippen LogP contribution in [-0.4, -0.2) is 19.5 Å². The molecule has 0 aliphatic carbocycles. The molecule has 0 aliphatic heterocycles. The normalized spacial score (nSPS) is 10.9. The Hall–Kier alpha value is -2.34. The van der Waals surface area contributed by atoms with Crippen molar-refractivity contribution in [1.82, 2.24) is 0 Å². The van der Waals surface area contributed by atoms with Crippen molar-refractivity contribution in [3.8, 4) is 0 Å². The van der Waals surface area contributed by atoms with Crippen molar-refractivity contribution in [2.45, 2.75) is 4.90 Å². The third-order valence-electron chi connectivity index (χ3n) is 2.46. The quantitative estimate of drug-likeness (QED) is 0.897. The van der Waals surface area contributed by atoms with Gasteiger partial charge in [-0.25, -0.2) is 13.2 Å². The first-order valence-electron chi connectivity index (χ1n) is 5.41. The zero-order valence-electron chi connectivity index (χ0n) is 9.78. The summed E-state index contributed by atoms with van der Waals surface area (Å²) in [5, 5.41) is 9.00. The number of carboxylic acids is 1. The smallest absolute Gasteiger partial charge is 0.337 e. The molecule has 0 spiro atoms.